The van der Waals surface area contributed by atoms with Crippen molar-refractivity contribution in [3.05, 3.63) is 34.3 Å². The van der Waals surface area contributed by atoms with Crippen LogP contribution in [0, 0.1) is 5.92 Å². The number of carbonyl (C=O) groups excluding carboxylic acids is 2. The van der Waals surface area contributed by atoms with E-state index >= 15 is 0 Å². The molecule has 0 N–H and O–H groups in total. The van der Waals surface area contributed by atoms with Gasteiger partial charge in [0.25, 0.3) is 0 Å². The molecule has 0 radical (unpaired) electrons. The van der Waals surface area contributed by atoms with Gasteiger partial charge < -0.3 is 4.74 Å². The number of esters is 1. The smallest absolute Gasteiger partial charge is 0.306 e. The highest BCUT2D eigenvalue weighted by molar-refractivity contribution is 9.10. The van der Waals surface area contributed by atoms with E-state index in [1.54, 1.807) is 25.1 Å². The van der Waals surface area contributed by atoms with Crippen molar-refractivity contribution >= 4 is 27.7 Å². The number of rotatable bonds is 4. The second-order valence-electron chi connectivity index (χ2n) is 3.53. The molecule has 1 atom stereocenters. The molecule has 0 saturated carbocycles. The van der Waals surface area contributed by atoms with Crippen LogP contribution in [0.1, 0.15) is 23.7 Å². The summed E-state index contributed by atoms with van der Waals surface area (Å²) in [6, 6.07) is 7.17. The average Bonchev–Trinajstić information content (AvgIpc) is 2.28. The van der Waals surface area contributed by atoms with Gasteiger partial charge >= 0.3 is 5.97 Å². The summed E-state index contributed by atoms with van der Waals surface area (Å²) in [4.78, 5) is 23.0. The Bertz CT molecular complexity index is 401. The first-order valence-electron chi connectivity index (χ1n) is 4.91. The third kappa shape index (κ3) is 3.17. The van der Waals surface area contributed by atoms with Crippen LogP contribution in [0.2, 0.25) is 0 Å². The van der Waals surface area contributed by atoms with Crippen molar-refractivity contribution in [3.8, 4) is 0 Å². The lowest BCUT2D eigenvalue weighted by Crippen LogP contribution is -2.16. The molecule has 1 aromatic rings. The van der Waals surface area contributed by atoms with Gasteiger partial charge in [-0.15, -0.1) is 0 Å². The highest BCUT2D eigenvalue weighted by Crippen LogP contribution is 2.21. The normalized spacial score (nSPS) is 11.9. The minimum Gasteiger partial charge on any atom is -0.469 e. The quantitative estimate of drug-likeness (QED) is 0.631. The van der Waals surface area contributed by atoms with Crippen LogP contribution in [0.3, 0.4) is 0 Å². The van der Waals surface area contributed by atoms with Gasteiger partial charge in [-0.05, 0) is 6.07 Å². The van der Waals surface area contributed by atoms with Crippen molar-refractivity contribution < 1.29 is 14.3 Å². The number of Topliss-reactive ketones (excluding diaryl/α,β-unsaturated/α-hetero) is 1. The third-order valence-corrected chi connectivity index (χ3v) is 2.98. The predicted molar refractivity (Wildman–Crippen MR) is 64.3 cm³/mol. The maximum absolute atomic E-state index is 12.0. The van der Waals surface area contributed by atoms with Gasteiger partial charge in [0.15, 0.2) is 5.78 Å². The highest BCUT2D eigenvalue weighted by atomic mass is 79.9. The number of ketones is 1. The average molecular weight is 285 g/mol. The lowest BCUT2D eigenvalue weighted by Gasteiger charge is -2.10. The number of carbonyl (C=O) groups is 2. The summed E-state index contributed by atoms with van der Waals surface area (Å²) in [6.07, 6.45) is 0.108. The van der Waals surface area contributed by atoms with E-state index in [4.69, 9.17) is 0 Å². The van der Waals surface area contributed by atoms with Gasteiger partial charge in [0, 0.05) is 16.0 Å². The molecule has 0 aliphatic rings. The molecule has 0 aromatic heterocycles. The molecule has 0 saturated heterocycles. The molecule has 0 aliphatic carbocycles. The first-order chi connectivity index (χ1) is 7.56. The standard InChI is InChI=1S/C12H13BrO3/c1-8(7-11(14)16-2)12(15)9-5-3-4-6-10(9)13/h3-6,8H,7H2,1-2H3. The molecule has 86 valence electrons. The summed E-state index contributed by atoms with van der Waals surface area (Å²) in [6.45, 7) is 1.72. The summed E-state index contributed by atoms with van der Waals surface area (Å²) in [5, 5.41) is 0. The van der Waals surface area contributed by atoms with Gasteiger partial charge in [0.2, 0.25) is 0 Å². The minimum absolute atomic E-state index is 0.0575. The van der Waals surface area contributed by atoms with E-state index in [1.807, 2.05) is 6.07 Å². The Morgan fingerprint density at radius 3 is 2.56 bits per heavy atom. The summed E-state index contributed by atoms with van der Waals surface area (Å²) in [5.74, 6) is -0.795. The van der Waals surface area contributed by atoms with Gasteiger partial charge in [-0.3, -0.25) is 9.59 Å². The van der Waals surface area contributed by atoms with Crippen LogP contribution in [-0.4, -0.2) is 18.9 Å². The number of ether oxygens (including phenoxy) is 1. The summed E-state index contributed by atoms with van der Waals surface area (Å²) < 4.78 is 5.28. The Labute approximate surface area is 103 Å². The van der Waals surface area contributed by atoms with E-state index in [2.05, 4.69) is 20.7 Å². The predicted octanol–water partition coefficient (Wildman–Crippen LogP) is 2.83. The van der Waals surface area contributed by atoms with Crippen LogP contribution < -0.4 is 0 Å². The van der Waals surface area contributed by atoms with Crippen molar-refractivity contribution in [1.29, 1.82) is 0 Å². The van der Waals surface area contributed by atoms with Gasteiger partial charge in [0.05, 0.1) is 13.5 Å². The zero-order valence-electron chi connectivity index (χ0n) is 9.20. The van der Waals surface area contributed by atoms with Crippen LogP contribution in [0.15, 0.2) is 28.7 Å². The first-order valence-corrected chi connectivity index (χ1v) is 5.71. The fourth-order valence-electron chi connectivity index (χ4n) is 1.35. The lowest BCUT2D eigenvalue weighted by molar-refractivity contribution is -0.141. The molecular formula is C12H13BrO3. The summed E-state index contributed by atoms with van der Waals surface area (Å²) in [5.41, 5.74) is 0.596. The highest BCUT2D eigenvalue weighted by Gasteiger charge is 2.20. The number of halogens is 1. The molecule has 0 spiro atoms. The molecule has 1 unspecified atom stereocenters. The fourth-order valence-corrected chi connectivity index (χ4v) is 1.83. The topological polar surface area (TPSA) is 43.4 Å². The van der Waals surface area contributed by atoms with E-state index in [-0.39, 0.29) is 24.1 Å². The van der Waals surface area contributed by atoms with Crippen LogP contribution in [0.4, 0.5) is 0 Å². The molecular weight excluding hydrogens is 272 g/mol. The van der Waals surface area contributed by atoms with Crippen LogP contribution in [0.25, 0.3) is 0 Å². The summed E-state index contributed by atoms with van der Waals surface area (Å²) >= 11 is 3.31. The van der Waals surface area contributed by atoms with Gasteiger partial charge in [-0.25, -0.2) is 0 Å². The first kappa shape index (κ1) is 12.9. The van der Waals surface area contributed by atoms with Crippen molar-refractivity contribution in [1.82, 2.24) is 0 Å². The fraction of sp³-hybridized carbons (Fsp3) is 0.333. The lowest BCUT2D eigenvalue weighted by atomic mass is 9.96. The number of benzene rings is 1. The zero-order chi connectivity index (χ0) is 12.1. The van der Waals surface area contributed by atoms with Crippen molar-refractivity contribution in [3.63, 3.8) is 0 Å². The maximum atomic E-state index is 12.0. The zero-order valence-corrected chi connectivity index (χ0v) is 10.8. The monoisotopic (exact) mass is 284 g/mol. The third-order valence-electron chi connectivity index (χ3n) is 2.29. The second-order valence-corrected chi connectivity index (χ2v) is 4.38. The van der Waals surface area contributed by atoms with Gasteiger partial charge in [0.1, 0.15) is 0 Å². The molecule has 1 aromatic carbocycles. The molecule has 0 amide bonds. The largest absolute Gasteiger partial charge is 0.469 e. The molecule has 0 fully saturated rings. The molecule has 0 aliphatic heterocycles. The molecule has 1 rings (SSSR count). The number of methoxy groups -OCH3 is 1. The van der Waals surface area contributed by atoms with E-state index in [0.29, 0.717) is 5.56 Å². The number of hydrogen-bond acceptors (Lipinski definition) is 3. The number of hydrogen-bond donors (Lipinski definition) is 0. The Hall–Kier alpha value is -1.16. The van der Waals surface area contributed by atoms with E-state index < -0.39 is 0 Å². The molecule has 0 heterocycles. The Morgan fingerprint density at radius 2 is 2.00 bits per heavy atom. The Kier molecular flexibility index (Phi) is 4.68. The second kappa shape index (κ2) is 5.80. The minimum atomic E-state index is -0.369. The molecule has 4 heteroatoms. The van der Waals surface area contributed by atoms with Crippen molar-refractivity contribution in [2.45, 2.75) is 13.3 Å². The van der Waals surface area contributed by atoms with Crippen LogP contribution >= 0.6 is 15.9 Å². The van der Waals surface area contributed by atoms with Crippen LogP contribution in [-0.2, 0) is 9.53 Å². The van der Waals surface area contributed by atoms with Crippen molar-refractivity contribution in [2.75, 3.05) is 7.11 Å². The van der Waals surface area contributed by atoms with E-state index in [9.17, 15) is 9.59 Å². The van der Waals surface area contributed by atoms with E-state index in [1.165, 1.54) is 7.11 Å². The van der Waals surface area contributed by atoms with Gasteiger partial charge in [-0.1, -0.05) is 41.1 Å². The molecule has 16 heavy (non-hydrogen) atoms. The Morgan fingerprint density at radius 1 is 1.38 bits per heavy atom. The van der Waals surface area contributed by atoms with Crippen LogP contribution in [0.5, 0.6) is 0 Å². The van der Waals surface area contributed by atoms with E-state index in [0.717, 1.165) is 4.47 Å². The van der Waals surface area contributed by atoms with Gasteiger partial charge in [-0.2, -0.15) is 0 Å². The molecule has 0 bridgehead atoms. The van der Waals surface area contributed by atoms with Crippen molar-refractivity contribution in [2.24, 2.45) is 5.92 Å². The summed E-state index contributed by atoms with van der Waals surface area (Å²) in [7, 11) is 1.32. The maximum Gasteiger partial charge on any atom is 0.306 e. The SMILES string of the molecule is COC(=O)CC(C)C(=O)c1ccccc1Br. The Balaban J connectivity index is 2.79. The molecule has 3 nitrogen and oxygen atoms in total.